The molecule has 0 heterocycles. The second-order valence-corrected chi connectivity index (χ2v) is 5.76. The molecule has 2 aliphatic rings. The Balaban J connectivity index is 1.87. The molecule has 2 nitrogen and oxygen atoms in total. The zero-order chi connectivity index (χ0) is 12.4. The van der Waals surface area contributed by atoms with Crippen LogP contribution in [0.3, 0.4) is 0 Å². The van der Waals surface area contributed by atoms with Crippen molar-refractivity contribution < 1.29 is 0 Å². The van der Waals surface area contributed by atoms with Crippen molar-refractivity contribution in [3.8, 4) is 0 Å². The summed E-state index contributed by atoms with van der Waals surface area (Å²) in [5.41, 5.74) is 11.1. The van der Waals surface area contributed by atoms with E-state index in [0.717, 1.165) is 0 Å². The number of nitrogens with one attached hydrogen (secondary N) is 2. The van der Waals surface area contributed by atoms with Gasteiger partial charge in [-0.05, 0) is 85.1 Å². The van der Waals surface area contributed by atoms with Crippen LogP contribution in [0.1, 0.15) is 42.0 Å². The van der Waals surface area contributed by atoms with Crippen LogP contribution in [0.15, 0.2) is 17.6 Å². The molecule has 0 saturated carbocycles. The monoisotopic (exact) mass is 260 g/mol. The number of benzene rings is 1. The van der Waals surface area contributed by atoms with Gasteiger partial charge in [-0.25, -0.2) is 0 Å². The van der Waals surface area contributed by atoms with Gasteiger partial charge in [-0.15, -0.1) is 0 Å². The van der Waals surface area contributed by atoms with Gasteiger partial charge in [-0.2, -0.15) is 4.83 Å². The Morgan fingerprint density at radius 2 is 1.72 bits per heavy atom. The Labute approximate surface area is 113 Å². The van der Waals surface area contributed by atoms with Gasteiger partial charge in [0.1, 0.15) is 0 Å². The SMILES string of the molecule is C/C=C/SNNc1c2c(cc3c1CCC3)CCC2. The van der Waals surface area contributed by atoms with Crippen LogP contribution in [0.4, 0.5) is 5.69 Å². The number of hydrazine groups is 1. The second-order valence-electron chi connectivity index (χ2n) is 5.05. The van der Waals surface area contributed by atoms with Crippen molar-refractivity contribution in [2.45, 2.75) is 45.4 Å². The third-order valence-corrected chi connectivity index (χ3v) is 4.54. The smallest absolute Gasteiger partial charge is 0.0566 e. The van der Waals surface area contributed by atoms with Crippen molar-refractivity contribution in [3.05, 3.63) is 39.8 Å². The van der Waals surface area contributed by atoms with Crippen molar-refractivity contribution in [1.29, 1.82) is 0 Å². The molecule has 0 atom stereocenters. The first kappa shape index (κ1) is 12.1. The summed E-state index contributed by atoms with van der Waals surface area (Å²) in [5.74, 6) is 0. The quantitative estimate of drug-likeness (QED) is 0.489. The number of rotatable bonds is 4. The van der Waals surface area contributed by atoms with Gasteiger partial charge < -0.3 is 5.43 Å². The number of aryl methyl sites for hydroxylation is 2. The zero-order valence-corrected chi connectivity index (χ0v) is 11.7. The summed E-state index contributed by atoms with van der Waals surface area (Å²) >= 11 is 1.60. The van der Waals surface area contributed by atoms with Crippen molar-refractivity contribution >= 4 is 17.6 Å². The maximum Gasteiger partial charge on any atom is 0.0566 e. The first-order valence-electron chi connectivity index (χ1n) is 6.84. The highest BCUT2D eigenvalue weighted by atomic mass is 32.2. The fourth-order valence-corrected chi connectivity index (χ4v) is 3.51. The third kappa shape index (κ3) is 2.17. The van der Waals surface area contributed by atoms with Crippen molar-refractivity contribution in [2.24, 2.45) is 0 Å². The average Bonchev–Trinajstić information content (AvgIpc) is 3.01. The normalized spacial score (nSPS) is 17.2. The van der Waals surface area contributed by atoms with Gasteiger partial charge in [0, 0.05) is 0 Å². The number of hydrogen-bond donors (Lipinski definition) is 2. The van der Waals surface area contributed by atoms with Crippen LogP contribution in [0.2, 0.25) is 0 Å². The minimum absolute atomic E-state index is 1.24. The lowest BCUT2D eigenvalue weighted by molar-refractivity contribution is 0.896. The third-order valence-electron chi connectivity index (χ3n) is 3.91. The molecule has 3 rings (SSSR count). The van der Waals surface area contributed by atoms with E-state index in [0.29, 0.717) is 0 Å². The molecular weight excluding hydrogens is 240 g/mol. The summed E-state index contributed by atoms with van der Waals surface area (Å²) in [5, 5.41) is 2.05. The standard InChI is InChI=1S/C15H20N2S/c1-2-9-18-17-16-15-13-7-3-5-11(13)10-12-6-4-8-14(12)15/h2,9-10,16-17H,3-8H2,1H3/b9-2+. The summed E-state index contributed by atoms with van der Waals surface area (Å²) in [4.78, 5) is 3.24. The predicted molar refractivity (Wildman–Crippen MR) is 79.7 cm³/mol. The number of hydrogen-bond acceptors (Lipinski definition) is 3. The Morgan fingerprint density at radius 1 is 1.06 bits per heavy atom. The van der Waals surface area contributed by atoms with Crippen LogP contribution in [0.5, 0.6) is 0 Å². The minimum Gasteiger partial charge on any atom is -0.311 e. The molecule has 0 radical (unpaired) electrons. The number of allylic oxidation sites excluding steroid dienone is 1. The average molecular weight is 260 g/mol. The molecular formula is C15H20N2S. The summed E-state index contributed by atoms with van der Waals surface area (Å²) in [7, 11) is 0. The lowest BCUT2D eigenvalue weighted by Gasteiger charge is -2.16. The van der Waals surface area contributed by atoms with Crippen molar-refractivity contribution in [3.63, 3.8) is 0 Å². The molecule has 96 valence electrons. The topological polar surface area (TPSA) is 24.1 Å². The highest BCUT2D eigenvalue weighted by molar-refractivity contribution is 8.00. The van der Waals surface area contributed by atoms with E-state index in [1.807, 2.05) is 13.0 Å². The summed E-state index contributed by atoms with van der Waals surface area (Å²) in [6.07, 6.45) is 9.67. The molecule has 1 aromatic rings. The van der Waals surface area contributed by atoms with Crippen LogP contribution in [0, 0.1) is 0 Å². The van der Waals surface area contributed by atoms with E-state index in [1.165, 1.54) is 44.2 Å². The molecule has 1 aromatic carbocycles. The first-order chi connectivity index (χ1) is 8.90. The fraction of sp³-hybridized carbons (Fsp3) is 0.467. The van der Waals surface area contributed by atoms with E-state index in [2.05, 4.69) is 21.7 Å². The van der Waals surface area contributed by atoms with Crippen LogP contribution >= 0.6 is 11.9 Å². The molecule has 0 unspecified atom stereocenters. The van der Waals surface area contributed by atoms with E-state index in [-0.39, 0.29) is 0 Å². The van der Waals surface area contributed by atoms with Gasteiger partial charge >= 0.3 is 0 Å². The molecule has 0 bridgehead atoms. The van der Waals surface area contributed by atoms with Crippen molar-refractivity contribution in [2.75, 3.05) is 5.43 Å². The predicted octanol–water partition coefficient (Wildman–Crippen LogP) is 3.76. The summed E-state index contributed by atoms with van der Waals surface area (Å²) in [6.45, 7) is 2.03. The zero-order valence-electron chi connectivity index (χ0n) is 10.9. The van der Waals surface area contributed by atoms with Crippen molar-refractivity contribution in [1.82, 2.24) is 4.83 Å². The van der Waals surface area contributed by atoms with Gasteiger partial charge in [0.15, 0.2) is 0 Å². The molecule has 0 spiro atoms. The molecule has 2 N–H and O–H groups in total. The Bertz CT molecular complexity index is 448. The lowest BCUT2D eigenvalue weighted by Crippen LogP contribution is -2.15. The molecule has 2 aliphatic carbocycles. The van der Waals surface area contributed by atoms with Gasteiger partial charge in [0.05, 0.1) is 5.69 Å². The molecule has 18 heavy (non-hydrogen) atoms. The van der Waals surface area contributed by atoms with Gasteiger partial charge in [0.2, 0.25) is 0 Å². The highest BCUT2D eigenvalue weighted by Crippen LogP contribution is 2.38. The van der Waals surface area contributed by atoms with Crippen LogP contribution in [0.25, 0.3) is 0 Å². The molecule has 0 aliphatic heterocycles. The van der Waals surface area contributed by atoms with E-state index >= 15 is 0 Å². The molecule has 0 fully saturated rings. The molecule has 0 aromatic heterocycles. The molecule has 3 heteroatoms. The van der Waals surface area contributed by atoms with Crippen LogP contribution < -0.4 is 10.3 Å². The fourth-order valence-electron chi connectivity index (χ4n) is 3.15. The summed E-state index contributed by atoms with van der Waals surface area (Å²) < 4.78 is 0. The largest absolute Gasteiger partial charge is 0.311 e. The first-order valence-corrected chi connectivity index (χ1v) is 7.72. The van der Waals surface area contributed by atoms with Crippen LogP contribution in [-0.4, -0.2) is 0 Å². The number of fused-ring (bicyclic) bond motifs is 2. The number of anilines is 1. The van der Waals surface area contributed by atoms with E-state index in [1.54, 1.807) is 34.2 Å². The lowest BCUT2D eigenvalue weighted by atomic mass is 9.99. The van der Waals surface area contributed by atoms with E-state index in [4.69, 9.17) is 0 Å². The maximum absolute atomic E-state index is 3.44. The minimum atomic E-state index is 1.24. The Morgan fingerprint density at radius 3 is 2.33 bits per heavy atom. The Hall–Kier alpha value is -0.930. The molecule has 0 amide bonds. The highest BCUT2D eigenvalue weighted by Gasteiger charge is 2.23. The Kier molecular flexibility index (Phi) is 3.62. The summed E-state index contributed by atoms with van der Waals surface area (Å²) in [6, 6.07) is 2.47. The van der Waals surface area contributed by atoms with Crippen LogP contribution in [-0.2, 0) is 25.7 Å². The van der Waals surface area contributed by atoms with Gasteiger partial charge in [-0.1, -0.05) is 12.1 Å². The molecule has 0 saturated heterocycles. The van der Waals surface area contributed by atoms with E-state index in [9.17, 15) is 0 Å². The van der Waals surface area contributed by atoms with Gasteiger partial charge in [-0.3, -0.25) is 0 Å². The van der Waals surface area contributed by atoms with E-state index < -0.39 is 0 Å². The van der Waals surface area contributed by atoms with Gasteiger partial charge in [0.25, 0.3) is 0 Å². The maximum atomic E-state index is 3.44. The second kappa shape index (κ2) is 5.37.